The van der Waals surface area contributed by atoms with Crippen molar-refractivity contribution in [2.24, 2.45) is 0 Å². The zero-order valence-corrected chi connectivity index (χ0v) is 10.3. The van der Waals surface area contributed by atoms with Gasteiger partial charge in [-0.2, -0.15) is 0 Å². The lowest BCUT2D eigenvalue weighted by Gasteiger charge is -2.13. The predicted octanol–water partition coefficient (Wildman–Crippen LogP) is 0.295. The SMILES string of the molecule is O=C(COc1ccc(F)cc1F)NC(CCO)C(=O)O. The summed E-state index contributed by atoms with van der Waals surface area (Å²) in [6.07, 6.45) is -0.161. The van der Waals surface area contributed by atoms with E-state index in [1.807, 2.05) is 0 Å². The summed E-state index contributed by atoms with van der Waals surface area (Å²) in [5.74, 6) is -4.18. The Bertz CT molecular complexity index is 495. The van der Waals surface area contributed by atoms with Crippen molar-refractivity contribution >= 4 is 11.9 Å². The number of carboxylic acids is 1. The number of ether oxygens (including phenoxy) is 1. The standard InChI is InChI=1S/C12H13F2NO5/c13-7-1-2-10(8(14)5-7)20-6-11(17)15-9(3-4-16)12(18)19/h1-2,5,9,16H,3-4,6H2,(H,15,17)(H,18,19). The van der Waals surface area contributed by atoms with E-state index in [9.17, 15) is 18.4 Å². The number of aliphatic hydroxyl groups is 1. The first-order valence-electron chi connectivity index (χ1n) is 5.65. The molecule has 0 fully saturated rings. The van der Waals surface area contributed by atoms with Crippen LogP contribution >= 0.6 is 0 Å². The van der Waals surface area contributed by atoms with Gasteiger partial charge in [0.15, 0.2) is 18.2 Å². The number of hydrogen-bond donors (Lipinski definition) is 3. The summed E-state index contributed by atoms with van der Waals surface area (Å²) in [5, 5.41) is 19.5. The van der Waals surface area contributed by atoms with Gasteiger partial charge in [-0.1, -0.05) is 0 Å². The molecule has 20 heavy (non-hydrogen) atoms. The van der Waals surface area contributed by atoms with Crippen molar-refractivity contribution in [1.82, 2.24) is 5.32 Å². The van der Waals surface area contributed by atoms with Crippen LogP contribution in [0, 0.1) is 11.6 Å². The third-order valence-corrected chi connectivity index (χ3v) is 2.30. The number of nitrogens with one attached hydrogen (secondary N) is 1. The Morgan fingerprint density at radius 2 is 2.05 bits per heavy atom. The third-order valence-electron chi connectivity index (χ3n) is 2.30. The quantitative estimate of drug-likeness (QED) is 0.671. The van der Waals surface area contributed by atoms with Gasteiger partial charge in [0.25, 0.3) is 5.91 Å². The molecule has 8 heteroatoms. The Balaban J connectivity index is 2.52. The molecule has 1 atom stereocenters. The molecule has 0 heterocycles. The molecule has 0 saturated carbocycles. The number of aliphatic carboxylic acids is 1. The minimum Gasteiger partial charge on any atom is -0.481 e. The number of amides is 1. The second kappa shape index (κ2) is 7.39. The highest BCUT2D eigenvalue weighted by molar-refractivity contribution is 5.84. The molecule has 0 aliphatic heterocycles. The highest BCUT2D eigenvalue weighted by Crippen LogP contribution is 2.17. The number of carbonyl (C=O) groups excluding carboxylic acids is 1. The fourth-order valence-electron chi connectivity index (χ4n) is 1.36. The number of carbonyl (C=O) groups is 2. The Kier molecular flexibility index (Phi) is 5.85. The molecule has 0 aromatic heterocycles. The Labute approximate surface area is 113 Å². The minimum atomic E-state index is -1.31. The largest absolute Gasteiger partial charge is 0.481 e. The van der Waals surface area contributed by atoms with Crippen LogP contribution in [0.3, 0.4) is 0 Å². The number of hydrogen-bond acceptors (Lipinski definition) is 4. The Hall–Kier alpha value is -2.22. The first kappa shape index (κ1) is 15.8. The van der Waals surface area contributed by atoms with E-state index < -0.39 is 42.8 Å². The van der Waals surface area contributed by atoms with Gasteiger partial charge in [-0.3, -0.25) is 4.79 Å². The summed E-state index contributed by atoms with van der Waals surface area (Å²) >= 11 is 0. The molecule has 0 bridgehead atoms. The molecule has 1 unspecified atom stereocenters. The number of benzene rings is 1. The maximum Gasteiger partial charge on any atom is 0.326 e. The predicted molar refractivity (Wildman–Crippen MR) is 63.1 cm³/mol. The van der Waals surface area contributed by atoms with E-state index in [2.05, 4.69) is 5.32 Å². The zero-order chi connectivity index (χ0) is 15.1. The molecule has 1 rings (SSSR count). The highest BCUT2D eigenvalue weighted by atomic mass is 19.1. The summed E-state index contributed by atoms with van der Waals surface area (Å²) in [5.41, 5.74) is 0. The van der Waals surface area contributed by atoms with Crippen LogP contribution in [0.4, 0.5) is 8.78 Å². The van der Waals surface area contributed by atoms with Crippen LogP contribution in [0.5, 0.6) is 5.75 Å². The summed E-state index contributed by atoms with van der Waals surface area (Å²) in [6.45, 7) is -1.04. The van der Waals surface area contributed by atoms with Gasteiger partial charge in [-0.25, -0.2) is 13.6 Å². The van der Waals surface area contributed by atoms with Gasteiger partial charge in [0.2, 0.25) is 0 Å². The zero-order valence-electron chi connectivity index (χ0n) is 10.3. The molecule has 110 valence electrons. The van der Waals surface area contributed by atoms with Gasteiger partial charge in [0.05, 0.1) is 0 Å². The fourth-order valence-corrected chi connectivity index (χ4v) is 1.36. The lowest BCUT2D eigenvalue weighted by atomic mass is 10.2. The highest BCUT2D eigenvalue weighted by Gasteiger charge is 2.19. The van der Waals surface area contributed by atoms with Crippen LogP contribution in [-0.4, -0.2) is 41.3 Å². The number of carboxylic acid groups (broad SMARTS) is 1. The van der Waals surface area contributed by atoms with E-state index in [4.69, 9.17) is 14.9 Å². The number of aliphatic hydroxyl groups excluding tert-OH is 1. The first-order chi connectivity index (χ1) is 9.43. The topological polar surface area (TPSA) is 95.9 Å². The van der Waals surface area contributed by atoms with Crippen LogP contribution in [-0.2, 0) is 9.59 Å². The van der Waals surface area contributed by atoms with Crippen molar-refractivity contribution < 1.29 is 33.3 Å². The lowest BCUT2D eigenvalue weighted by Crippen LogP contribution is -2.43. The molecule has 0 radical (unpaired) electrons. The molecule has 1 amide bonds. The molecule has 6 nitrogen and oxygen atoms in total. The normalized spacial score (nSPS) is 11.8. The average Bonchev–Trinajstić information content (AvgIpc) is 2.37. The lowest BCUT2D eigenvalue weighted by molar-refractivity contribution is -0.142. The van der Waals surface area contributed by atoms with Gasteiger partial charge >= 0.3 is 5.97 Å². The maximum atomic E-state index is 13.2. The molecule has 0 aliphatic carbocycles. The second-order valence-electron chi connectivity index (χ2n) is 3.83. The summed E-state index contributed by atoms with van der Waals surface area (Å²) in [4.78, 5) is 22.1. The third kappa shape index (κ3) is 4.81. The van der Waals surface area contributed by atoms with Crippen LogP contribution in [0.25, 0.3) is 0 Å². The first-order valence-corrected chi connectivity index (χ1v) is 5.65. The monoisotopic (exact) mass is 289 g/mol. The van der Waals surface area contributed by atoms with Crippen molar-refractivity contribution in [3.8, 4) is 5.75 Å². The summed E-state index contributed by atoms with van der Waals surface area (Å²) < 4.78 is 30.6. The van der Waals surface area contributed by atoms with Crippen molar-refractivity contribution in [2.75, 3.05) is 13.2 Å². The molecular formula is C12H13F2NO5. The van der Waals surface area contributed by atoms with E-state index in [0.717, 1.165) is 12.1 Å². The van der Waals surface area contributed by atoms with Crippen molar-refractivity contribution in [2.45, 2.75) is 12.5 Å². The molecule has 0 saturated heterocycles. The van der Waals surface area contributed by atoms with Crippen molar-refractivity contribution in [1.29, 1.82) is 0 Å². The van der Waals surface area contributed by atoms with Crippen LogP contribution < -0.4 is 10.1 Å². The van der Waals surface area contributed by atoms with E-state index in [0.29, 0.717) is 6.07 Å². The second-order valence-corrected chi connectivity index (χ2v) is 3.83. The molecule has 1 aromatic carbocycles. The van der Waals surface area contributed by atoms with Gasteiger partial charge in [0, 0.05) is 19.1 Å². The minimum absolute atomic E-state index is 0.161. The fraction of sp³-hybridized carbons (Fsp3) is 0.333. The van der Waals surface area contributed by atoms with Crippen LogP contribution in [0.15, 0.2) is 18.2 Å². The molecule has 0 aliphatic rings. The molecule has 3 N–H and O–H groups in total. The Morgan fingerprint density at radius 3 is 2.60 bits per heavy atom. The average molecular weight is 289 g/mol. The van der Waals surface area contributed by atoms with E-state index in [-0.39, 0.29) is 12.2 Å². The molecular weight excluding hydrogens is 276 g/mol. The van der Waals surface area contributed by atoms with Crippen molar-refractivity contribution in [3.05, 3.63) is 29.8 Å². The van der Waals surface area contributed by atoms with Crippen LogP contribution in [0.1, 0.15) is 6.42 Å². The summed E-state index contributed by atoms with van der Waals surface area (Å²) in [7, 11) is 0. The smallest absolute Gasteiger partial charge is 0.326 e. The van der Waals surface area contributed by atoms with E-state index in [1.165, 1.54) is 0 Å². The van der Waals surface area contributed by atoms with Gasteiger partial charge in [0.1, 0.15) is 11.9 Å². The molecule has 0 spiro atoms. The number of rotatable bonds is 7. The van der Waals surface area contributed by atoms with E-state index >= 15 is 0 Å². The van der Waals surface area contributed by atoms with Gasteiger partial charge < -0.3 is 20.3 Å². The van der Waals surface area contributed by atoms with Gasteiger partial charge in [-0.05, 0) is 12.1 Å². The Morgan fingerprint density at radius 1 is 1.35 bits per heavy atom. The molecule has 1 aromatic rings. The summed E-state index contributed by atoms with van der Waals surface area (Å²) in [6, 6.07) is 1.32. The maximum absolute atomic E-state index is 13.2. The van der Waals surface area contributed by atoms with Crippen molar-refractivity contribution in [3.63, 3.8) is 0 Å². The van der Waals surface area contributed by atoms with Crippen LogP contribution in [0.2, 0.25) is 0 Å². The van der Waals surface area contributed by atoms with E-state index in [1.54, 1.807) is 0 Å². The number of halogens is 2. The van der Waals surface area contributed by atoms with Gasteiger partial charge in [-0.15, -0.1) is 0 Å².